The molecule has 0 aromatic rings. The number of hydrogen-bond donors (Lipinski definition) is 8. The minimum atomic E-state index is -3.74. The molecule has 0 atom stereocenters. The van der Waals surface area contributed by atoms with Crippen LogP contribution in [0.1, 0.15) is 64.2 Å². The van der Waals surface area contributed by atoms with Gasteiger partial charge in [-0.3, -0.25) is 9.13 Å². The SMILES string of the molecule is O=P(O)(O)C1CCCCC1.O=P(O)(O)C1CCCCC1.OCC(CO)(CO)CO. The standard InChI is InChI=1S/2C6H13O3P.C5H12O4/c2*7-10(8,9)6-4-2-1-3-5-6;6-1-5(2-7,3-8)4-9/h2*6H,1-5H2,(H2,7,8,9);6-9H,1-4H2. The van der Waals surface area contributed by atoms with Crippen LogP contribution in [0.3, 0.4) is 0 Å². The molecular weight excluding hydrogens is 426 g/mol. The number of rotatable bonds is 6. The molecule has 0 aromatic heterocycles. The maximum Gasteiger partial charge on any atom is 0.328 e. The molecule has 0 aliphatic heterocycles. The summed E-state index contributed by atoms with van der Waals surface area (Å²) in [6.07, 6.45) is 9.05. The normalized spacial score (nSPS) is 19.6. The van der Waals surface area contributed by atoms with E-state index in [-0.39, 0.29) is 11.3 Å². The fraction of sp³-hybridized carbons (Fsp3) is 1.00. The smallest absolute Gasteiger partial charge is 0.328 e. The van der Waals surface area contributed by atoms with Gasteiger partial charge in [0.2, 0.25) is 0 Å². The average Bonchev–Trinajstić information content (AvgIpc) is 2.71. The van der Waals surface area contributed by atoms with Gasteiger partial charge in [0.15, 0.2) is 0 Å². The Morgan fingerprint density at radius 1 is 0.552 bits per heavy atom. The van der Waals surface area contributed by atoms with Crippen LogP contribution in [0, 0.1) is 5.41 Å². The van der Waals surface area contributed by atoms with E-state index in [4.69, 9.17) is 40.0 Å². The van der Waals surface area contributed by atoms with Crippen molar-refractivity contribution in [2.45, 2.75) is 75.5 Å². The van der Waals surface area contributed by atoms with Gasteiger partial charge < -0.3 is 40.0 Å². The van der Waals surface area contributed by atoms with Crippen molar-refractivity contribution in [1.82, 2.24) is 0 Å². The first-order valence-corrected chi connectivity index (χ1v) is 13.4. The highest BCUT2D eigenvalue weighted by molar-refractivity contribution is 7.52. The molecule has 8 N–H and O–H groups in total. The molecule has 0 bridgehead atoms. The molecule has 2 aliphatic carbocycles. The van der Waals surface area contributed by atoms with Crippen molar-refractivity contribution in [2.24, 2.45) is 5.41 Å². The molecule has 0 radical (unpaired) electrons. The lowest BCUT2D eigenvalue weighted by molar-refractivity contribution is -0.0328. The molecule has 2 fully saturated rings. The fourth-order valence-corrected chi connectivity index (χ4v) is 5.21. The van der Waals surface area contributed by atoms with Crippen molar-refractivity contribution in [2.75, 3.05) is 26.4 Å². The molecule has 29 heavy (non-hydrogen) atoms. The molecule has 10 nitrogen and oxygen atoms in total. The quantitative estimate of drug-likeness (QED) is 0.262. The Hall–Kier alpha value is 0.140. The molecule has 0 heterocycles. The van der Waals surface area contributed by atoms with E-state index >= 15 is 0 Å². The third kappa shape index (κ3) is 11.9. The Bertz CT molecular complexity index is 449. The highest BCUT2D eigenvalue weighted by Crippen LogP contribution is 2.48. The van der Waals surface area contributed by atoms with Crippen LogP contribution in [0.15, 0.2) is 0 Å². The van der Waals surface area contributed by atoms with E-state index in [2.05, 4.69) is 0 Å². The zero-order chi connectivity index (χ0) is 22.6. The van der Waals surface area contributed by atoms with Gasteiger partial charge in [-0.1, -0.05) is 38.5 Å². The van der Waals surface area contributed by atoms with Crippen LogP contribution in [-0.4, -0.2) is 77.7 Å². The minimum absolute atomic E-state index is 0.332. The average molecular weight is 464 g/mol. The van der Waals surface area contributed by atoms with Crippen LogP contribution in [0.4, 0.5) is 0 Å². The molecule has 0 amide bonds. The van der Waals surface area contributed by atoms with Gasteiger partial charge in [-0.2, -0.15) is 0 Å². The predicted octanol–water partition coefficient (Wildman–Crippen LogP) is 0.936. The monoisotopic (exact) mass is 464 g/mol. The summed E-state index contributed by atoms with van der Waals surface area (Å²) in [7, 11) is -7.48. The molecule has 0 saturated heterocycles. The first-order chi connectivity index (χ1) is 13.5. The van der Waals surface area contributed by atoms with Crippen molar-refractivity contribution < 1.29 is 49.1 Å². The Balaban J connectivity index is 0.000000407. The molecule has 0 unspecified atom stereocenters. The zero-order valence-corrected chi connectivity index (χ0v) is 18.6. The van der Waals surface area contributed by atoms with Crippen LogP contribution >= 0.6 is 15.2 Å². The van der Waals surface area contributed by atoms with Crippen molar-refractivity contribution in [1.29, 1.82) is 0 Å². The first-order valence-electron chi connectivity index (χ1n) is 9.99. The lowest BCUT2D eigenvalue weighted by Crippen LogP contribution is -2.37. The van der Waals surface area contributed by atoms with Gasteiger partial charge in [-0.25, -0.2) is 0 Å². The van der Waals surface area contributed by atoms with Gasteiger partial charge in [0, 0.05) is 0 Å². The minimum Gasteiger partial charge on any atom is -0.396 e. The number of aliphatic hydroxyl groups is 4. The summed E-state index contributed by atoms with van der Waals surface area (Å²) in [5.74, 6) is 0. The number of aliphatic hydroxyl groups excluding tert-OH is 4. The van der Waals surface area contributed by atoms with Crippen LogP contribution in [0.2, 0.25) is 0 Å². The van der Waals surface area contributed by atoms with Crippen molar-refractivity contribution in [3.8, 4) is 0 Å². The number of hydrogen-bond acceptors (Lipinski definition) is 6. The summed E-state index contributed by atoms with van der Waals surface area (Å²) in [6, 6.07) is 0. The third-order valence-corrected chi connectivity index (χ3v) is 8.38. The summed E-state index contributed by atoms with van der Waals surface area (Å²) in [5, 5.41) is 34.0. The topological polar surface area (TPSA) is 196 Å². The Morgan fingerprint density at radius 2 is 0.793 bits per heavy atom. The van der Waals surface area contributed by atoms with Gasteiger partial charge in [-0.05, 0) is 25.7 Å². The molecular formula is C17H38O10P2. The van der Waals surface area contributed by atoms with Gasteiger partial charge in [0.05, 0.1) is 43.2 Å². The summed E-state index contributed by atoms with van der Waals surface area (Å²) in [4.78, 5) is 35.0. The molecule has 2 aliphatic rings. The second-order valence-corrected chi connectivity index (χ2v) is 11.7. The summed E-state index contributed by atoms with van der Waals surface area (Å²) < 4.78 is 21.4. The van der Waals surface area contributed by atoms with Crippen LogP contribution in [-0.2, 0) is 9.13 Å². The van der Waals surface area contributed by atoms with Crippen LogP contribution < -0.4 is 0 Å². The molecule has 2 saturated carbocycles. The lowest BCUT2D eigenvalue weighted by atomic mass is 9.93. The Morgan fingerprint density at radius 3 is 0.897 bits per heavy atom. The highest BCUT2D eigenvalue weighted by atomic mass is 31.2. The van der Waals surface area contributed by atoms with Crippen LogP contribution in [0.5, 0.6) is 0 Å². The second-order valence-electron chi connectivity index (χ2n) is 7.89. The summed E-state index contributed by atoms with van der Waals surface area (Å²) in [5.41, 5.74) is -1.78. The van der Waals surface area contributed by atoms with E-state index in [0.717, 1.165) is 38.5 Å². The van der Waals surface area contributed by atoms with E-state index in [9.17, 15) is 9.13 Å². The zero-order valence-electron chi connectivity index (χ0n) is 16.8. The van der Waals surface area contributed by atoms with Gasteiger partial charge in [0.25, 0.3) is 0 Å². The van der Waals surface area contributed by atoms with E-state index < -0.39 is 47.0 Å². The maximum absolute atomic E-state index is 10.7. The molecule has 0 aromatic carbocycles. The summed E-state index contributed by atoms with van der Waals surface area (Å²) >= 11 is 0. The lowest BCUT2D eigenvalue weighted by Gasteiger charge is -2.23. The maximum atomic E-state index is 10.7. The van der Waals surface area contributed by atoms with Crippen molar-refractivity contribution >= 4 is 15.2 Å². The third-order valence-electron chi connectivity index (χ3n) is 5.44. The van der Waals surface area contributed by atoms with E-state index in [1.807, 2.05) is 0 Å². The van der Waals surface area contributed by atoms with Crippen molar-refractivity contribution in [3.05, 3.63) is 0 Å². The highest BCUT2D eigenvalue weighted by Gasteiger charge is 2.30. The van der Waals surface area contributed by atoms with E-state index in [1.54, 1.807) is 0 Å². The largest absolute Gasteiger partial charge is 0.396 e. The van der Waals surface area contributed by atoms with Gasteiger partial charge in [0.1, 0.15) is 0 Å². The fourth-order valence-electron chi connectivity index (χ4n) is 3.13. The van der Waals surface area contributed by atoms with Crippen LogP contribution in [0.25, 0.3) is 0 Å². The molecule has 176 valence electrons. The Labute approximate surface area is 172 Å². The van der Waals surface area contributed by atoms with Gasteiger partial charge >= 0.3 is 15.2 Å². The first kappa shape index (κ1) is 29.1. The van der Waals surface area contributed by atoms with Crippen molar-refractivity contribution in [3.63, 3.8) is 0 Å². The molecule has 0 spiro atoms. The molecule has 2 rings (SSSR count). The molecule has 12 heteroatoms. The Kier molecular flexibility index (Phi) is 14.3. The van der Waals surface area contributed by atoms with Gasteiger partial charge in [-0.15, -0.1) is 0 Å². The second kappa shape index (κ2) is 14.2. The predicted molar refractivity (Wildman–Crippen MR) is 109 cm³/mol. The summed E-state index contributed by atoms with van der Waals surface area (Å²) in [6.45, 7) is -1.62. The van der Waals surface area contributed by atoms with E-state index in [0.29, 0.717) is 25.7 Å². The van der Waals surface area contributed by atoms with E-state index in [1.165, 1.54) is 0 Å².